The van der Waals surface area contributed by atoms with E-state index in [0.29, 0.717) is 0 Å². The van der Waals surface area contributed by atoms with Gasteiger partial charge in [-0.3, -0.25) is 4.79 Å². The molecule has 0 saturated carbocycles. The molecule has 2 aliphatic rings. The lowest BCUT2D eigenvalue weighted by Crippen LogP contribution is -2.58. The van der Waals surface area contributed by atoms with E-state index < -0.39 is 30.2 Å². The lowest BCUT2D eigenvalue weighted by molar-refractivity contribution is -0.132. The van der Waals surface area contributed by atoms with Crippen LogP contribution in [0.1, 0.15) is 20.8 Å². The molecule has 2 heterocycles. The molecule has 8 nitrogen and oxygen atoms in total. The summed E-state index contributed by atoms with van der Waals surface area (Å²) >= 11 is 1.49. The number of carbonyl (C=O) groups excluding carboxylic acids is 2. The first-order chi connectivity index (χ1) is 9.51. The summed E-state index contributed by atoms with van der Waals surface area (Å²) in [5.41, 5.74) is 8.27. The maximum absolute atomic E-state index is 11.9. The minimum Gasteiger partial charge on any atom is -0.443 e. The average molecular weight is 300 g/mol. The Bertz CT molecular complexity index is 467. The molecule has 2 fully saturated rings. The Kier molecular flexibility index (Phi) is 4.42. The first kappa shape index (κ1) is 15.0. The SMILES string of the molecule is CCS[C@@H]1O[C@H](C)[C@H](N=[N+]=[N-])[C@@H]2OC(=O)N(C(C)=O)[C@H]21. The summed E-state index contributed by atoms with van der Waals surface area (Å²) in [4.78, 5) is 27.4. The Labute approximate surface area is 120 Å². The Hall–Kier alpha value is -1.44. The maximum Gasteiger partial charge on any atom is 0.417 e. The summed E-state index contributed by atoms with van der Waals surface area (Å²) in [6, 6.07) is -1.19. The monoisotopic (exact) mass is 300 g/mol. The molecule has 9 heteroatoms. The van der Waals surface area contributed by atoms with Crippen LogP contribution in [0.15, 0.2) is 5.11 Å². The van der Waals surface area contributed by atoms with Crippen molar-refractivity contribution in [2.24, 2.45) is 5.11 Å². The number of fused-ring (bicyclic) bond motifs is 1. The number of imide groups is 1. The van der Waals surface area contributed by atoms with Gasteiger partial charge in [-0.15, -0.1) is 11.8 Å². The zero-order chi connectivity index (χ0) is 14.9. The van der Waals surface area contributed by atoms with Crippen LogP contribution in [0.3, 0.4) is 0 Å². The number of carbonyl (C=O) groups is 2. The highest BCUT2D eigenvalue weighted by Crippen LogP contribution is 2.38. The molecule has 0 aromatic carbocycles. The quantitative estimate of drug-likeness (QED) is 0.449. The van der Waals surface area contributed by atoms with Gasteiger partial charge < -0.3 is 9.47 Å². The molecule has 0 aromatic heterocycles. The number of azide groups is 1. The van der Waals surface area contributed by atoms with E-state index in [4.69, 9.17) is 15.0 Å². The largest absolute Gasteiger partial charge is 0.443 e. The van der Waals surface area contributed by atoms with E-state index in [0.717, 1.165) is 10.7 Å². The topological polar surface area (TPSA) is 105 Å². The summed E-state index contributed by atoms with van der Waals surface area (Å²) in [5.74, 6) is 0.370. The van der Waals surface area contributed by atoms with Crippen molar-refractivity contribution in [3.63, 3.8) is 0 Å². The van der Waals surface area contributed by atoms with Gasteiger partial charge in [0, 0.05) is 11.8 Å². The molecule has 0 aliphatic carbocycles. The summed E-state index contributed by atoms with van der Waals surface area (Å²) in [7, 11) is 0. The Morgan fingerprint density at radius 2 is 2.30 bits per heavy atom. The highest BCUT2D eigenvalue weighted by molar-refractivity contribution is 7.99. The van der Waals surface area contributed by atoms with Crippen molar-refractivity contribution in [2.75, 3.05) is 5.75 Å². The van der Waals surface area contributed by atoms with E-state index in [1.165, 1.54) is 18.7 Å². The summed E-state index contributed by atoms with van der Waals surface area (Å²) < 4.78 is 11.1. The van der Waals surface area contributed by atoms with E-state index in [9.17, 15) is 9.59 Å². The number of thioether (sulfide) groups is 1. The van der Waals surface area contributed by atoms with Crippen LogP contribution in [0.4, 0.5) is 4.79 Å². The summed E-state index contributed by atoms with van der Waals surface area (Å²) in [6.07, 6.45) is -1.74. The maximum atomic E-state index is 11.9. The van der Waals surface area contributed by atoms with E-state index in [1.54, 1.807) is 6.92 Å². The molecule has 0 bridgehead atoms. The molecule has 110 valence electrons. The number of rotatable bonds is 3. The molecular weight excluding hydrogens is 284 g/mol. The predicted octanol–water partition coefficient (Wildman–Crippen LogP) is 1.90. The van der Waals surface area contributed by atoms with Gasteiger partial charge in [0.25, 0.3) is 0 Å². The Balaban J connectivity index is 2.37. The van der Waals surface area contributed by atoms with Crippen molar-refractivity contribution in [2.45, 2.75) is 50.5 Å². The summed E-state index contributed by atoms with van der Waals surface area (Å²) in [5, 5.41) is 3.66. The first-order valence-electron chi connectivity index (χ1n) is 6.33. The fourth-order valence-electron chi connectivity index (χ4n) is 2.56. The van der Waals surface area contributed by atoms with E-state index in [-0.39, 0.29) is 11.5 Å². The van der Waals surface area contributed by atoms with Crippen LogP contribution in [0.25, 0.3) is 10.4 Å². The minimum absolute atomic E-state index is 0.375. The van der Waals surface area contributed by atoms with Crippen molar-refractivity contribution >= 4 is 23.8 Å². The van der Waals surface area contributed by atoms with Crippen LogP contribution in [0.5, 0.6) is 0 Å². The van der Waals surface area contributed by atoms with Gasteiger partial charge in [0.15, 0.2) is 0 Å². The number of ether oxygens (including phenoxy) is 2. The Morgan fingerprint density at radius 3 is 2.85 bits per heavy atom. The van der Waals surface area contributed by atoms with Gasteiger partial charge in [0.2, 0.25) is 5.91 Å². The molecule has 5 atom stereocenters. The van der Waals surface area contributed by atoms with Gasteiger partial charge in [0.1, 0.15) is 23.6 Å². The number of amides is 2. The molecule has 0 N–H and O–H groups in total. The molecule has 2 rings (SSSR count). The second-order valence-electron chi connectivity index (χ2n) is 4.59. The molecule has 0 radical (unpaired) electrons. The van der Waals surface area contributed by atoms with E-state index in [2.05, 4.69) is 10.0 Å². The molecule has 0 spiro atoms. The second kappa shape index (κ2) is 5.90. The van der Waals surface area contributed by atoms with Gasteiger partial charge in [-0.05, 0) is 18.2 Å². The van der Waals surface area contributed by atoms with Crippen LogP contribution >= 0.6 is 11.8 Å². The number of hydrogen-bond donors (Lipinski definition) is 0. The third kappa shape index (κ3) is 2.44. The lowest BCUT2D eigenvalue weighted by atomic mass is 9.96. The van der Waals surface area contributed by atoms with Crippen LogP contribution in [0, 0.1) is 0 Å². The van der Waals surface area contributed by atoms with Crippen LogP contribution in [0.2, 0.25) is 0 Å². The van der Waals surface area contributed by atoms with Gasteiger partial charge in [-0.25, -0.2) is 9.69 Å². The lowest BCUT2D eigenvalue weighted by Gasteiger charge is -2.40. The first-order valence-corrected chi connectivity index (χ1v) is 7.37. The Morgan fingerprint density at radius 1 is 1.60 bits per heavy atom. The van der Waals surface area contributed by atoms with Crippen molar-refractivity contribution in [3.05, 3.63) is 10.4 Å². The highest BCUT2D eigenvalue weighted by Gasteiger charge is 2.56. The number of hydrogen-bond acceptors (Lipinski definition) is 6. The van der Waals surface area contributed by atoms with Crippen molar-refractivity contribution in [1.82, 2.24) is 4.90 Å². The minimum atomic E-state index is -0.704. The molecule has 2 saturated heterocycles. The zero-order valence-corrected chi connectivity index (χ0v) is 12.2. The van der Waals surface area contributed by atoms with Crippen molar-refractivity contribution in [3.8, 4) is 0 Å². The predicted molar refractivity (Wildman–Crippen MR) is 72.0 cm³/mol. The average Bonchev–Trinajstić information content (AvgIpc) is 2.72. The molecule has 2 amide bonds. The standard InChI is InChI=1S/C11H16N4O4S/c1-4-20-10-8-9(7(13-14-12)5(2)18-10)19-11(17)15(8)6(3)16/h5,7-10H,4H2,1-3H3/t5-,7+,8-,9+,10+/m1/s1. The van der Waals surface area contributed by atoms with Crippen LogP contribution in [-0.2, 0) is 14.3 Å². The van der Waals surface area contributed by atoms with Gasteiger partial charge in [-0.2, -0.15) is 0 Å². The fourth-order valence-corrected chi connectivity index (χ4v) is 3.62. The zero-order valence-electron chi connectivity index (χ0n) is 11.4. The third-order valence-electron chi connectivity index (χ3n) is 3.37. The molecular formula is C11H16N4O4S. The summed E-state index contributed by atoms with van der Waals surface area (Å²) in [6.45, 7) is 5.03. The highest BCUT2D eigenvalue weighted by atomic mass is 32.2. The fraction of sp³-hybridized carbons (Fsp3) is 0.818. The van der Waals surface area contributed by atoms with Crippen LogP contribution < -0.4 is 0 Å². The van der Waals surface area contributed by atoms with Crippen LogP contribution in [-0.4, -0.2) is 52.4 Å². The van der Waals surface area contributed by atoms with Gasteiger partial charge >= 0.3 is 6.09 Å². The van der Waals surface area contributed by atoms with Gasteiger partial charge in [0.05, 0.1) is 6.10 Å². The van der Waals surface area contributed by atoms with Crippen molar-refractivity contribution in [1.29, 1.82) is 0 Å². The molecule has 0 unspecified atom stereocenters. The van der Waals surface area contributed by atoms with Crippen molar-refractivity contribution < 1.29 is 19.1 Å². The molecule has 0 aromatic rings. The third-order valence-corrected chi connectivity index (χ3v) is 4.42. The molecule has 20 heavy (non-hydrogen) atoms. The van der Waals surface area contributed by atoms with E-state index >= 15 is 0 Å². The normalized spacial score (nSPS) is 36.0. The smallest absolute Gasteiger partial charge is 0.417 e. The van der Waals surface area contributed by atoms with E-state index in [1.807, 2.05) is 6.92 Å². The van der Waals surface area contributed by atoms with Gasteiger partial charge in [-0.1, -0.05) is 12.0 Å². The number of nitrogens with zero attached hydrogens (tertiary/aromatic N) is 4. The molecule has 2 aliphatic heterocycles. The second-order valence-corrected chi connectivity index (χ2v) is 5.96.